The van der Waals surface area contributed by atoms with E-state index >= 15 is 0 Å². The van der Waals surface area contributed by atoms with E-state index < -0.39 is 0 Å². The molecule has 0 saturated heterocycles. The number of rotatable bonds is 3. The predicted octanol–water partition coefficient (Wildman–Crippen LogP) is 2.14. The molecule has 0 aliphatic rings. The molecular formula is C13H15NO2. The van der Waals surface area contributed by atoms with Gasteiger partial charge < -0.3 is 4.74 Å². The highest BCUT2D eigenvalue weighted by atomic mass is 16.5. The first-order chi connectivity index (χ1) is 7.63. The van der Waals surface area contributed by atoms with E-state index in [0.717, 1.165) is 23.1 Å². The van der Waals surface area contributed by atoms with Crippen molar-refractivity contribution in [3.63, 3.8) is 0 Å². The van der Waals surface area contributed by atoms with Gasteiger partial charge in [0.1, 0.15) is 0 Å². The van der Waals surface area contributed by atoms with Crippen molar-refractivity contribution in [2.45, 2.75) is 26.7 Å². The Morgan fingerprint density at radius 1 is 1.50 bits per heavy atom. The van der Waals surface area contributed by atoms with Crippen molar-refractivity contribution < 1.29 is 9.53 Å². The van der Waals surface area contributed by atoms with Crippen LogP contribution in [-0.2, 0) is 22.4 Å². The van der Waals surface area contributed by atoms with Gasteiger partial charge in [0.2, 0.25) is 0 Å². The maximum absolute atomic E-state index is 11.2. The van der Waals surface area contributed by atoms with Crippen LogP contribution in [0.25, 0.3) is 0 Å². The van der Waals surface area contributed by atoms with Crippen molar-refractivity contribution in [2.75, 3.05) is 7.11 Å². The summed E-state index contributed by atoms with van der Waals surface area (Å²) in [5, 5.41) is 8.92. The summed E-state index contributed by atoms with van der Waals surface area (Å²) in [5.74, 6) is -0.251. The fourth-order valence-electron chi connectivity index (χ4n) is 1.82. The van der Waals surface area contributed by atoms with E-state index in [1.165, 1.54) is 7.11 Å². The molecule has 0 aromatic heterocycles. The zero-order chi connectivity index (χ0) is 12.1. The maximum Gasteiger partial charge on any atom is 0.309 e. The molecule has 0 radical (unpaired) electrons. The molecule has 16 heavy (non-hydrogen) atoms. The third kappa shape index (κ3) is 2.40. The summed E-state index contributed by atoms with van der Waals surface area (Å²) < 4.78 is 4.65. The first kappa shape index (κ1) is 12.3. The Labute approximate surface area is 95.7 Å². The Bertz CT molecular complexity index is 444. The van der Waals surface area contributed by atoms with Gasteiger partial charge in [-0.1, -0.05) is 13.0 Å². The minimum absolute atomic E-state index is 0.251. The lowest BCUT2D eigenvalue weighted by atomic mass is 9.94. The number of nitriles is 1. The average molecular weight is 217 g/mol. The van der Waals surface area contributed by atoms with Crippen LogP contribution in [0.2, 0.25) is 0 Å². The molecule has 0 N–H and O–H groups in total. The summed E-state index contributed by atoms with van der Waals surface area (Å²) >= 11 is 0. The normalized spacial score (nSPS) is 9.62. The van der Waals surface area contributed by atoms with Crippen molar-refractivity contribution in [3.8, 4) is 6.07 Å². The summed E-state index contributed by atoms with van der Waals surface area (Å²) in [6.45, 7) is 3.93. The minimum atomic E-state index is -0.251. The van der Waals surface area contributed by atoms with Crippen molar-refractivity contribution in [2.24, 2.45) is 0 Å². The molecule has 0 bridgehead atoms. The number of carbonyl (C=O) groups excluding carboxylic acids is 1. The minimum Gasteiger partial charge on any atom is -0.469 e. The fourth-order valence-corrected chi connectivity index (χ4v) is 1.82. The van der Waals surface area contributed by atoms with Crippen LogP contribution >= 0.6 is 0 Å². The number of carbonyl (C=O) groups is 1. The average Bonchev–Trinajstić information content (AvgIpc) is 2.29. The summed E-state index contributed by atoms with van der Waals surface area (Å²) in [6.07, 6.45) is 1.08. The highest BCUT2D eigenvalue weighted by Crippen LogP contribution is 2.19. The molecule has 1 aromatic rings. The summed E-state index contributed by atoms with van der Waals surface area (Å²) in [6, 6.07) is 5.74. The first-order valence-electron chi connectivity index (χ1n) is 5.22. The second kappa shape index (κ2) is 5.32. The van der Waals surface area contributed by atoms with Crippen LogP contribution in [0.1, 0.15) is 29.2 Å². The quantitative estimate of drug-likeness (QED) is 0.729. The molecule has 84 valence electrons. The Balaban J connectivity index is 3.17. The molecule has 0 saturated carbocycles. The van der Waals surface area contributed by atoms with Crippen LogP contribution in [0.3, 0.4) is 0 Å². The first-order valence-corrected chi connectivity index (χ1v) is 5.22. The predicted molar refractivity (Wildman–Crippen MR) is 61.0 cm³/mol. The van der Waals surface area contributed by atoms with E-state index in [1.807, 2.05) is 19.9 Å². The largest absolute Gasteiger partial charge is 0.469 e. The van der Waals surface area contributed by atoms with Gasteiger partial charge in [-0.05, 0) is 36.1 Å². The molecule has 0 heterocycles. The number of methoxy groups -OCH3 is 1. The number of hydrogen-bond acceptors (Lipinski definition) is 3. The standard InChI is InChI=1S/C13H15NO2/c1-4-12-9(2)11(8-14)6-5-10(12)7-13(15)16-3/h5-6H,4,7H2,1-3H3. The topological polar surface area (TPSA) is 50.1 Å². The summed E-state index contributed by atoms with van der Waals surface area (Å²) in [4.78, 5) is 11.2. The Morgan fingerprint density at radius 3 is 2.69 bits per heavy atom. The molecule has 0 unspecified atom stereocenters. The molecule has 1 rings (SSSR count). The van der Waals surface area contributed by atoms with Crippen LogP contribution in [0.5, 0.6) is 0 Å². The van der Waals surface area contributed by atoms with Gasteiger partial charge >= 0.3 is 5.97 Å². The van der Waals surface area contributed by atoms with E-state index in [9.17, 15) is 4.79 Å². The van der Waals surface area contributed by atoms with Gasteiger partial charge in [0.15, 0.2) is 0 Å². The SMILES string of the molecule is CCc1c(CC(=O)OC)ccc(C#N)c1C. The Hall–Kier alpha value is -1.82. The maximum atomic E-state index is 11.2. The molecule has 0 aliphatic carbocycles. The van der Waals surface area contributed by atoms with E-state index in [4.69, 9.17) is 5.26 Å². The Morgan fingerprint density at radius 2 is 2.19 bits per heavy atom. The zero-order valence-corrected chi connectivity index (χ0v) is 9.83. The van der Waals surface area contributed by atoms with Crippen molar-refractivity contribution >= 4 is 5.97 Å². The fraction of sp³-hybridized carbons (Fsp3) is 0.385. The molecule has 0 atom stereocenters. The van der Waals surface area contributed by atoms with Crippen LogP contribution in [0.15, 0.2) is 12.1 Å². The zero-order valence-electron chi connectivity index (χ0n) is 9.83. The van der Waals surface area contributed by atoms with Gasteiger partial charge in [0.25, 0.3) is 0 Å². The Kier molecular flexibility index (Phi) is 4.07. The second-order valence-electron chi connectivity index (χ2n) is 3.59. The molecule has 0 aliphatic heterocycles. The van der Waals surface area contributed by atoms with Crippen LogP contribution in [0.4, 0.5) is 0 Å². The summed E-state index contributed by atoms with van der Waals surface area (Å²) in [5.41, 5.74) is 3.66. The molecule has 3 nitrogen and oxygen atoms in total. The second-order valence-corrected chi connectivity index (χ2v) is 3.59. The molecule has 3 heteroatoms. The number of hydrogen-bond donors (Lipinski definition) is 0. The molecule has 1 aromatic carbocycles. The molecular weight excluding hydrogens is 202 g/mol. The van der Waals surface area contributed by atoms with E-state index in [0.29, 0.717) is 5.56 Å². The van der Waals surface area contributed by atoms with E-state index in [-0.39, 0.29) is 12.4 Å². The van der Waals surface area contributed by atoms with Crippen LogP contribution in [-0.4, -0.2) is 13.1 Å². The van der Waals surface area contributed by atoms with Crippen LogP contribution in [0, 0.1) is 18.3 Å². The van der Waals surface area contributed by atoms with Gasteiger partial charge in [-0.3, -0.25) is 4.79 Å². The summed E-state index contributed by atoms with van der Waals surface area (Å²) in [7, 11) is 1.38. The van der Waals surface area contributed by atoms with Crippen molar-refractivity contribution in [3.05, 3.63) is 34.4 Å². The molecule has 0 amide bonds. The van der Waals surface area contributed by atoms with E-state index in [1.54, 1.807) is 6.07 Å². The number of esters is 1. The van der Waals surface area contributed by atoms with Crippen molar-refractivity contribution in [1.82, 2.24) is 0 Å². The number of benzene rings is 1. The number of ether oxygens (including phenoxy) is 1. The van der Waals surface area contributed by atoms with Gasteiger partial charge in [-0.2, -0.15) is 5.26 Å². The molecule has 0 spiro atoms. The highest BCUT2D eigenvalue weighted by molar-refractivity contribution is 5.73. The lowest BCUT2D eigenvalue weighted by Gasteiger charge is -2.11. The van der Waals surface area contributed by atoms with Gasteiger partial charge in [-0.15, -0.1) is 0 Å². The monoisotopic (exact) mass is 217 g/mol. The lowest BCUT2D eigenvalue weighted by Crippen LogP contribution is -2.08. The van der Waals surface area contributed by atoms with Crippen molar-refractivity contribution in [1.29, 1.82) is 5.26 Å². The third-order valence-electron chi connectivity index (χ3n) is 2.73. The lowest BCUT2D eigenvalue weighted by molar-refractivity contribution is -0.139. The molecule has 0 fully saturated rings. The number of nitrogens with zero attached hydrogens (tertiary/aromatic N) is 1. The van der Waals surface area contributed by atoms with Gasteiger partial charge in [-0.25, -0.2) is 0 Å². The van der Waals surface area contributed by atoms with E-state index in [2.05, 4.69) is 10.8 Å². The van der Waals surface area contributed by atoms with Gasteiger partial charge in [0.05, 0.1) is 25.2 Å². The third-order valence-corrected chi connectivity index (χ3v) is 2.73. The van der Waals surface area contributed by atoms with Crippen LogP contribution < -0.4 is 0 Å². The highest BCUT2D eigenvalue weighted by Gasteiger charge is 2.11. The smallest absolute Gasteiger partial charge is 0.309 e. The van der Waals surface area contributed by atoms with Gasteiger partial charge in [0, 0.05) is 0 Å².